The van der Waals surface area contributed by atoms with Crippen LogP contribution in [0.25, 0.3) is 0 Å². The molecule has 0 aliphatic heterocycles. The summed E-state index contributed by atoms with van der Waals surface area (Å²) in [7, 11) is 0. The second-order valence-corrected chi connectivity index (χ2v) is 5.91. The number of hydrogen-bond donors (Lipinski definition) is 1. The lowest BCUT2D eigenvalue weighted by Crippen LogP contribution is -2.25. The molecule has 1 aliphatic carbocycles. The predicted molar refractivity (Wildman–Crippen MR) is 72.6 cm³/mol. The van der Waals surface area contributed by atoms with Gasteiger partial charge in [-0.1, -0.05) is 32.6 Å². The van der Waals surface area contributed by atoms with Gasteiger partial charge >= 0.3 is 0 Å². The Morgan fingerprint density at radius 3 is 2.88 bits per heavy atom. The van der Waals surface area contributed by atoms with Crippen LogP contribution >= 0.6 is 15.9 Å². The molecule has 1 aromatic rings. The minimum absolute atomic E-state index is 0.356. The summed E-state index contributed by atoms with van der Waals surface area (Å²) in [6.45, 7) is 2.23. The molecule has 3 heteroatoms. The van der Waals surface area contributed by atoms with Crippen LogP contribution in [-0.2, 0) is 0 Å². The lowest BCUT2D eigenvalue weighted by atomic mass is 9.74. The van der Waals surface area contributed by atoms with Gasteiger partial charge in [0.05, 0.1) is 6.10 Å². The maximum atomic E-state index is 10.5. The van der Waals surface area contributed by atoms with Crippen molar-refractivity contribution in [3.05, 3.63) is 28.5 Å². The lowest BCUT2D eigenvalue weighted by Gasteiger charge is -2.34. The summed E-state index contributed by atoms with van der Waals surface area (Å²) >= 11 is 3.41. The second kappa shape index (κ2) is 5.96. The van der Waals surface area contributed by atoms with Crippen LogP contribution in [0.3, 0.4) is 0 Å². The monoisotopic (exact) mass is 297 g/mol. The van der Waals surface area contributed by atoms with E-state index in [1.165, 1.54) is 25.7 Å². The number of aromatic nitrogens is 1. The molecule has 0 saturated heterocycles. The van der Waals surface area contributed by atoms with E-state index >= 15 is 0 Å². The molecule has 3 atom stereocenters. The molecule has 0 spiro atoms. The van der Waals surface area contributed by atoms with E-state index < -0.39 is 0 Å². The van der Waals surface area contributed by atoms with Gasteiger partial charge in [0.15, 0.2) is 0 Å². The fraction of sp³-hybridized carbons (Fsp3) is 0.643. The van der Waals surface area contributed by atoms with Gasteiger partial charge in [0, 0.05) is 22.4 Å². The van der Waals surface area contributed by atoms with E-state index in [1.54, 1.807) is 12.4 Å². The summed E-state index contributed by atoms with van der Waals surface area (Å²) in [6.07, 6.45) is 9.34. The molecule has 1 fully saturated rings. The molecule has 1 aliphatic rings. The molecule has 3 unspecified atom stereocenters. The first kappa shape index (κ1) is 13.0. The number of aliphatic hydroxyl groups is 1. The van der Waals surface area contributed by atoms with Crippen LogP contribution in [0, 0.1) is 11.8 Å². The van der Waals surface area contributed by atoms with Crippen LogP contribution in [0.2, 0.25) is 0 Å². The van der Waals surface area contributed by atoms with Gasteiger partial charge in [-0.2, -0.15) is 0 Å². The number of halogens is 1. The number of aliphatic hydroxyl groups excluding tert-OH is 1. The molecule has 94 valence electrons. The molecular weight excluding hydrogens is 278 g/mol. The maximum absolute atomic E-state index is 10.5. The van der Waals surface area contributed by atoms with Crippen molar-refractivity contribution in [3.8, 4) is 0 Å². The Hall–Kier alpha value is -0.410. The molecule has 1 N–H and O–H groups in total. The van der Waals surface area contributed by atoms with E-state index in [2.05, 4.69) is 27.8 Å². The highest BCUT2D eigenvalue weighted by molar-refractivity contribution is 9.10. The largest absolute Gasteiger partial charge is 0.388 e. The zero-order chi connectivity index (χ0) is 12.3. The molecule has 1 aromatic heterocycles. The summed E-state index contributed by atoms with van der Waals surface area (Å²) < 4.78 is 0.943. The summed E-state index contributed by atoms with van der Waals surface area (Å²) in [5, 5.41) is 10.5. The van der Waals surface area contributed by atoms with Crippen molar-refractivity contribution in [2.45, 2.75) is 45.1 Å². The molecule has 1 heterocycles. The van der Waals surface area contributed by atoms with Crippen molar-refractivity contribution in [2.24, 2.45) is 11.8 Å². The summed E-state index contributed by atoms with van der Waals surface area (Å²) in [5.74, 6) is 1.07. The third kappa shape index (κ3) is 3.08. The Morgan fingerprint density at radius 1 is 1.41 bits per heavy atom. The zero-order valence-electron chi connectivity index (χ0n) is 10.3. The summed E-state index contributed by atoms with van der Waals surface area (Å²) in [6, 6.07) is 1.99. The highest BCUT2D eigenvalue weighted by Crippen LogP contribution is 2.40. The van der Waals surface area contributed by atoms with Gasteiger partial charge in [-0.15, -0.1) is 0 Å². The average Bonchev–Trinajstić information content (AvgIpc) is 2.38. The predicted octanol–water partition coefficient (Wildman–Crippen LogP) is 4.09. The topological polar surface area (TPSA) is 33.1 Å². The Bertz CT molecular complexity index is 369. The van der Waals surface area contributed by atoms with Crippen LogP contribution < -0.4 is 0 Å². The summed E-state index contributed by atoms with van der Waals surface area (Å²) in [5.41, 5.74) is 0.949. The fourth-order valence-electron chi connectivity index (χ4n) is 3.00. The molecule has 0 radical (unpaired) electrons. The van der Waals surface area contributed by atoms with Gasteiger partial charge in [-0.3, -0.25) is 4.98 Å². The standard InChI is InChI=1S/C14H20BrNO/c1-2-10-5-3-4-6-13(10)14(17)11-7-12(15)9-16-8-11/h7-10,13-14,17H,2-6H2,1H3. The first-order chi connectivity index (χ1) is 8.22. The molecular formula is C14H20BrNO. The van der Waals surface area contributed by atoms with Gasteiger partial charge in [0.2, 0.25) is 0 Å². The third-order valence-electron chi connectivity index (χ3n) is 3.97. The Labute approximate surface area is 112 Å². The number of nitrogens with zero attached hydrogens (tertiary/aromatic N) is 1. The van der Waals surface area contributed by atoms with Gasteiger partial charge in [0.1, 0.15) is 0 Å². The fourth-order valence-corrected chi connectivity index (χ4v) is 3.38. The number of pyridine rings is 1. The van der Waals surface area contributed by atoms with E-state index in [0.717, 1.165) is 16.5 Å². The van der Waals surface area contributed by atoms with Gasteiger partial charge in [-0.05, 0) is 40.3 Å². The van der Waals surface area contributed by atoms with E-state index in [-0.39, 0.29) is 6.10 Å². The van der Waals surface area contributed by atoms with Crippen LogP contribution in [0.5, 0.6) is 0 Å². The third-order valence-corrected chi connectivity index (χ3v) is 4.40. The summed E-state index contributed by atoms with van der Waals surface area (Å²) in [4.78, 5) is 4.14. The number of hydrogen-bond acceptors (Lipinski definition) is 2. The SMILES string of the molecule is CCC1CCCCC1C(O)c1cncc(Br)c1. The van der Waals surface area contributed by atoms with E-state index in [9.17, 15) is 5.11 Å². The van der Waals surface area contributed by atoms with Crippen LogP contribution in [0.4, 0.5) is 0 Å². The molecule has 1 saturated carbocycles. The van der Waals surface area contributed by atoms with E-state index in [1.807, 2.05) is 6.07 Å². The minimum Gasteiger partial charge on any atom is -0.388 e. The number of rotatable bonds is 3. The second-order valence-electron chi connectivity index (χ2n) is 5.00. The quantitative estimate of drug-likeness (QED) is 0.911. The zero-order valence-corrected chi connectivity index (χ0v) is 11.9. The lowest BCUT2D eigenvalue weighted by molar-refractivity contribution is 0.0449. The van der Waals surface area contributed by atoms with Crippen LogP contribution in [0.15, 0.2) is 22.9 Å². The van der Waals surface area contributed by atoms with E-state index in [4.69, 9.17) is 0 Å². The van der Waals surface area contributed by atoms with Crippen LogP contribution in [0.1, 0.15) is 50.7 Å². The molecule has 0 bridgehead atoms. The Balaban J connectivity index is 2.15. The Kier molecular flexibility index (Phi) is 4.57. The van der Waals surface area contributed by atoms with Gasteiger partial charge in [-0.25, -0.2) is 0 Å². The highest BCUT2D eigenvalue weighted by atomic mass is 79.9. The van der Waals surface area contributed by atoms with Gasteiger partial charge < -0.3 is 5.11 Å². The first-order valence-electron chi connectivity index (χ1n) is 6.51. The smallest absolute Gasteiger partial charge is 0.0836 e. The van der Waals surface area contributed by atoms with E-state index in [0.29, 0.717) is 11.8 Å². The van der Waals surface area contributed by atoms with Crippen molar-refractivity contribution in [1.82, 2.24) is 4.98 Å². The van der Waals surface area contributed by atoms with Crippen molar-refractivity contribution in [1.29, 1.82) is 0 Å². The maximum Gasteiger partial charge on any atom is 0.0836 e. The average molecular weight is 298 g/mol. The van der Waals surface area contributed by atoms with Crippen molar-refractivity contribution in [3.63, 3.8) is 0 Å². The minimum atomic E-state index is -0.356. The van der Waals surface area contributed by atoms with Crippen molar-refractivity contribution < 1.29 is 5.11 Å². The molecule has 0 aromatic carbocycles. The molecule has 2 nitrogen and oxygen atoms in total. The van der Waals surface area contributed by atoms with Crippen molar-refractivity contribution >= 4 is 15.9 Å². The molecule has 0 amide bonds. The highest BCUT2D eigenvalue weighted by Gasteiger charge is 2.30. The molecule has 17 heavy (non-hydrogen) atoms. The first-order valence-corrected chi connectivity index (χ1v) is 7.30. The van der Waals surface area contributed by atoms with Crippen molar-refractivity contribution in [2.75, 3.05) is 0 Å². The van der Waals surface area contributed by atoms with Gasteiger partial charge in [0.25, 0.3) is 0 Å². The van der Waals surface area contributed by atoms with Crippen LogP contribution in [-0.4, -0.2) is 10.1 Å². The Morgan fingerprint density at radius 2 is 2.18 bits per heavy atom. The molecule has 2 rings (SSSR count). The normalized spacial score (nSPS) is 26.8.